The normalized spacial score (nSPS) is 20.1. The van der Waals surface area contributed by atoms with Gasteiger partial charge in [-0.05, 0) is 50.1 Å². The molecule has 108 valence electrons. The Morgan fingerprint density at radius 3 is 2.90 bits per heavy atom. The molecule has 1 aromatic carbocycles. The molecular formula is C14H19N3O2S. The summed E-state index contributed by atoms with van der Waals surface area (Å²) >= 11 is 0. The van der Waals surface area contributed by atoms with Crippen molar-refractivity contribution in [1.29, 1.82) is 5.26 Å². The fourth-order valence-corrected chi connectivity index (χ4v) is 3.92. The molecule has 1 unspecified atom stereocenters. The molecule has 6 heteroatoms. The summed E-state index contributed by atoms with van der Waals surface area (Å²) in [6, 6.07) is 6.57. The molecule has 0 amide bonds. The molecule has 1 aliphatic rings. The third kappa shape index (κ3) is 3.57. The molecule has 1 atom stereocenters. The third-order valence-electron chi connectivity index (χ3n) is 3.46. The first-order valence-corrected chi connectivity index (χ1v) is 8.25. The van der Waals surface area contributed by atoms with Crippen LogP contribution in [0.1, 0.15) is 30.4 Å². The van der Waals surface area contributed by atoms with Crippen molar-refractivity contribution in [3.05, 3.63) is 29.3 Å². The number of sulfonamides is 1. The highest BCUT2D eigenvalue weighted by Gasteiger charge is 2.22. The van der Waals surface area contributed by atoms with Crippen LogP contribution in [0.3, 0.4) is 0 Å². The van der Waals surface area contributed by atoms with Crippen molar-refractivity contribution in [1.82, 2.24) is 10.0 Å². The number of hydrogen-bond acceptors (Lipinski definition) is 4. The molecule has 0 aromatic heterocycles. The highest BCUT2D eigenvalue weighted by atomic mass is 32.2. The zero-order valence-corrected chi connectivity index (χ0v) is 12.3. The van der Waals surface area contributed by atoms with Crippen molar-refractivity contribution in [2.45, 2.75) is 37.1 Å². The molecule has 1 fully saturated rings. The minimum Gasteiger partial charge on any atom is -0.315 e. The van der Waals surface area contributed by atoms with Gasteiger partial charge in [0.15, 0.2) is 0 Å². The van der Waals surface area contributed by atoms with Crippen LogP contribution in [0, 0.1) is 18.3 Å². The predicted molar refractivity (Wildman–Crippen MR) is 76.7 cm³/mol. The first kappa shape index (κ1) is 15.0. The minimum absolute atomic E-state index is 0.0717. The fraction of sp³-hybridized carbons (Fsp3) is 0.500. The molecule has 1 aliphatic heterocycles. The maximum absolute atomic E-state index is 12.4. The lowest BCUT2D eigenvalue weighted by Crippen LogP contribution is -2.40. The van der Waals surface area contributed by atoms with Crippen LogP contribution in [-0.2, 0) is 10.0 Å². The van der Waals surface area contributed by atoms with E-state index in [4.69, 9.17) is 5.26 Å². The van der Waals surface area contributed by atoms with Crippen molar-refractivity contribution in [2.75, 3.05) is 13.1 Å². The monoisotopic (exact) mass is 293 g/mol. The summed E-state index contributed by atoms with van der Waals surface area (Å²) in [7, 11) is -3.53. The number of nitrogens with zero attached hydrogens (tertiary/aromatic N) is 1. The molecule has 20 heavy (non-hydrogen) atoms. The molecule has 0 saturated carbocycles. The maximum atomic E-state index is 12.4. The van der Waals surface area contributed by atoms with E-state index in [1.807, 2.05) is 6.07 Å². The van der Waals surface area contributed by atoms with Gasteiger partial charge < -0.3 is 5.32 Å². The van der Waals surface area contributed by atoms with E-state index < -0.39 is 10.0 Å². The molecule has 0 radical (unpaired) electrons. The van der Waals surface area contributed by atoms with Gasteiger partial charge in [-0.1, -0.05) is 6.42 Å². The van der Waals surface area contributed by atoms with Crippen LogP contribution < -0.4 is 10.0 Å². The first-order chi connectivity index (χ1) is 9.53. The van der Waals surface area contributed by atoms with Gasteiger partial charge in [0.25, 0.3) is 0 Å². The number of aryl methyl sites for hydroxylation is 1. The van der Waals surface area contributed by atoms with Gasteiger partial charge in [-0.25, -0.2) is 13.1 Å². The number of nitrogens with one attached hydrogen (secondary N) is 2. The molecular weight excluding hydrogens is 274 g/mol. The van der Waals surface area contributed by atoms with Crippen LogP contribution >= 0.6 is 0 Å². The summed E-state index contributed by atoms with van der Waals surface area (Å²) in [6.45, 7) is 3.31. The van der Waals surface area contributed by atoms with Gasteiger partial charge in [0, 0.05) is 12.6 Å². The van der Waals surface area contributed by atoms with Gasteiger partial charge in [0.05, 0.1) is 16.5 Å². The van der Waals surface area contributed by atoms with E-state index in [9.17, 15) is 8.42 Å². The number of nitriles is 1. The van der Waals surface area contributed by atoms with Gasteiger partial charge in [-0.15, -0.1) is 0 Å². The quantitative estimate of drug-likeness (QED) is 0.879. The molecule has 1 aromatic rings. The Kier molecular flexibility index (Phi) is 4.76. The Bertz CT molecular complexity index is 612. The second-order valence-electron chi connectivity index (χ2n) is 5.11. The Morgan fingerprint density at radius 2 is 2.20 bits per heavy atom. The van der Waals surface area contributed by atoms with E-state index in [-0.39, 0.29) is 10.9 Å². The van der Waals surface area contributed by atoms with E-state index in [1.165, 1.54) is 12.1 Å². The number of hydrogen-bond donors (Lipinski definition) is 2. The molecule has 0 aliphatic carbocycles. The minimum atomic E-state index is -3.53. The maximum Gasteiger partial charge on any atom is 0.241 e. The molecule has 1 saturated heterocycles. The zero-order chi connectivity index (χ0) is 14.6. The van der Waals surface area contributed by atoms with Gasteiger partial charge >= 0.3 is 0 Å². The van der Waals surface area contributed by atoms with Gasteiger partial charge in [0.1, 0.15) is 0 Å². The molecule has 5 nitrogen and oxygen atoms in total. The summed E-state index contributed by atoms with van der Waals surface area (Å²) < 4.78 is 27.6. The Labute approximate surface area is 120 Å². The summed E-state index contributed by atoms with van der Waals surface area (Å²) in [5.74, 6) is 0. The van der Waals surface area contributed by atoms with E-state index in [0.717, 1.165) is 25.8 Å². The standard InChI is InChI=1S/C14H19N3O2S/c1-11-8-12(9-15)5-6-14(11)20(18,19)17-13-4-2-3-7-16-10-13/h5-6,8,13,16-17H,2-4,7,10H2,1H3. The van der Waals surface area contributed by atoms with Crippen LogP contribution in [0.5, 0.6) is 0 Å². The number of benzene rings is 1. The van der Waals surface area contributed by atoms with Crippen molar-refractivity contribution in [3.8, 4) is 6.07 Å². The van der Waals surface area contributed by atoms with Crippen molar-refractivity contribution in [3.63, 3.8) is 0 Å². The van der Waals surface area contributed by atoms with Crippen molar-refractivity contribution >= 4 is 10.0 Å². The van der Waals surface area contributed by atoms with Crippen LogP contribution in [0.4, 0.5) is 0 Å². The van der Waals surface area contributed by atoms with E-state index in [2.05, 4.69) is 10.0 Å². The van der Waals surface area contributed by atoms with E-state index in [1.54, 1.807) is 13.0 Å². The summed E-state index contributed by atoms with van der Waals surface area (Å²) in [6.07, 6.45) is 2.95. The average molecular weight is 293 g/mol. The first-order valence-electron chi connectivity index (χ1n) is 6.77. The lowest BCUT2D eigenvalue weighted by atomic mass is 10.1. The Balaban J connectivity index is 2.19. The van der Waals surface area contributed by atoms with Crippen LogP contribution in [-0.4, -0.2) is 27.5 Å². The molecule has 2 rings (SSSR count). The van der Waals surface area contributed by atoms with Crippen LogP contribution in [0.2, 0.25) is 0 Å². The highest BCUT2D eigenvalue weighted by Crippen LogP contribution is 2.17. The summed E-state index contributed by atoms with van der Waals surface area (Å²) in [5.41, 5.74) is 1.07. The molecule has 1 heterocycles. The predicted octanol–water partition coefficient (Wildman–Crippen LogP) is 1.29. The lowest BCUT2D eigenvalue weighted by Gasteiger charge is -2.17. The van der Waals surface area contributed by atoms with Gasteiger partial charge in [-0.2, -0.15) is 5.26 Å². The smallest absolute Gasteiger partial charge is 0.241 e. The largest absolute Gasteiger partial charge is 0.315 e. The average Bonchev–Trinajstić information content (AvgIpc) is 2.66. The van der Waals surface area contributed by atoms with Gasteiger partial charge in [-0.3, -0.25) is 0 Å². The Hall–Kier alpha value is -1.42. The molecule has 2 N–H and O–H groups in total. The summed E-state index contributed by atoms with van der Waals surface area (Å²) in [5, 5.41) is 12.1. The fourth-order valence-electron chi connectivity index (χ4n) is 2.42. The second kappa shape index (κ2) is 6.35. The third-order valence-corrected chi connectivity index (χ3v) is 5.14. The highest BCUT2D eigenvalue weighted by molar-refractivity contribution is 7.89. The second-order valence-corrected chi connectivity index (χ2v) is 6.79. The Morgan fingerprint density at radius 1 is 1.40 bits per heavy atom. The molecule has 0 spiro atoms. The summed E-state index contributed by atoms with van der Waals surface area (Å²) in [4.78, 5) is 0.251. The SMILES string of the molecule is Cc1cc(C#N)ccc1S(=O)(=O)NC1CCCCNC1. The topological polar surface area (TPSA) is 82.0 Å². The molecule has 0 bridgehead atoms. The van der Waals surface area contributed by atoms with Gasteiger partial charge in [0.2, 0.25) is 10.0 Å². The van der Waals surface area contributed by atoms with Crippen LogP contribution in [0.25, 0.3) is 0 Å². The number of rotatable bonds is 3. The zero-order valence-electron chi connectivity index (χ0n) is 11.5. The van der Waals surface area contributed by atoms with Crippen molar-refractivity contribution < 1.29 is 8.42 Å². The van der Waals surface area contributed by atoms with E-state index in [0.29, 0.717) is 17.7 Å². The lowest BCUT2D eigenvalue weighted by molar-refractivity contribution is 0.521. The van der Waals surface area contributed by atoms with Crippen LogP contribution in [0.15, 0.2) is 23.1 Å². The van der Waals surface area contributed by atoms with Crippen molar-refractivity contribution in [2.24, 2.45) is 0 Å². The van der Waals surface area contributed by atoms with E-state index >= 15 is 0 Å².